The Kier molecular flexibility index (Phi) is 5.87. The van der Waals surface area contributed by atoms with E-state index >= 15 is 0 Å². The molecule has 1 aliphatic carbocycles. The lowest BCUT2D eigenvalue weighted by Gasteiger charge is -2.41. The summed E-state index contributed by atoms with van der Waals surface area (Å²) in [5.41, 5.74) is -1.97. The van der Waals surface area contributed by atoms with Crippen molar-refractivity contribution in [2.75, 3.05) is 33.6 Å². The molecule has 0 spiro atoms. The normalized spacial score (nSPS) is 25.2. The highest BCUT2D eigenvalue weighted by atomic mass is 19.4. The fourth-order valence-electron chi connectivity index (χ4n) is 4.67. The lowest BCUT2D eigenvalue weighted by molar-refractivity contribution is -0.194. The first-order valence-electron chi connectivity index (χ1n) is 11.2. The number of pyridine rings is 1. The maximum Gasteiger partial charge on any atom is 0.397 e. The molecular formula is C24H24F4N2O5. The molecule has 5 rings (SSSR count). The van der Waals surface area contributed by atoms with Crippen LogP contribution in [-0.2, 0) is 15.1 Å². The SMILES string of the molecule is COc1nc(C(=O)N2CC[C@@]3(c4cccc(F)c4)OCO[C@H]3C2)ccc1OCC1(C(F)(F)F)CC1. The monoisotopic (exact) mass is 496 g/mol. The highest BCUT2D eigenvalue weighted by Gasteiger charge is 2.64. The van der Waals surface area contributed by atoms with Gasteiger partial charge in [-0.05, 0) is 42.7 Å². The second-order valence-corrected chi connectivity index (χ2v) is 9.09. The van der Waals surface area contributed by atoms with E-state index in [0.717, 1.165) is 0 Å². The molecule has 1 amide bonds. The van der Waals surface area contributed by atoms with Gasteiger partial charge in [0, 0.05) is 13.0 Å². The minimum Gasteiger partial charge on any atom is -0.487 e. The van der Waals surface area contributed by atoms with E-state index < -0.39 is 35.8 Å². The van der Waals surface area contributed by atoms with Crippen LogP contribution in [0.15, 0.2) is 36.4 Å². The van der Waals surface area contributed by atoms with Gasteiger partial charge in [-0.15, -0.1) is 0 Å². The summed E-state index contributed by atoms with van der Waals surface area (Å²) in [6.45, 7) is 0.00707. The molecule has 0 bridgehead atoms. The second kappa shape index (κ2) is 8.63. The number of ether oxygens (including phenoxy) is 4. The van der Waals surface area contributed by atoms with Crippen LogP contribution in [0, 0.1) is 11.2 Å². The summed E-state index contributed by atoms with van der Waals surface area (Å²) in [5, 5.41) is 0. The van der Waals surface area contributed by atoms with Gasteiger partial charge in [0.1, 0.15) is 42.0 Å². The maximum absolute atomic E-state index is 13.8. The summed E-state index contributed by atoms with van der Waals surface area (Å²) in [6, 6.07) is 8.93. The fourth-order valence-corrected chi connectivity index (χ4v) is 4.67. The van der Waals surface area contributed by atoms with Gasteiger partial charge >= 0.3 is 6.18 Å². The number of benzene rings is 1. The van der Waals surface area contributed by atoms with E-state index in [4.69, 9.17) is 18.9 Å². The van der Waals surface area contributed by atoms with E-state index in [-0.39, 0.29) is 49.3 Å². The lowest BCUT2D eigenvalue weighted by Crippen LogP contribution is -2.53. The van der Waals surface area contributed by atoms with Gasteiger partial charge in [0.25, 0.3) is 11.8 Å². The number of hydrogen-bond acceptors (Lipinski definition) is 6. The molecule has 3 fully saturated rings. The number of methoxy groups -OCH3 is 1. The number of fused-ring (bicyclic) bond motifs is 1. The minimum absolute atomic E-state index is 0.0157. The molecule has 0 unspecified atom stereocenters. The van der Waals surface area contributed by atoms with E-state index in [9.17, 15) is 22.4 Å². The predicted octanol–water partition coefficient (Wildman–Crippen LogP) is 4.06. The number of aromatic nitrogens is 1. The van der Waals surface area contributed by atoms with Gasteiger partial charge in [0.2, 0.25) is 0 Å². The van der Waals surface area contributed by atoms with Gasteiger partial charge in [-0.3, -0.25) is 4.79 Å². The number of halogens is 4. The molecule has 2 aromatic rings. The fraction of sp³-hybridized carbons (Fsp3) is 0.500. The molecule has 0 radical (unpaired) electrons. The van der Waals surface area contributed by atoms with Gasteiger partial charge in [0.15, 0.2) is 5.75 Å². The van der Waals surface area contributed by atoms with Crippen molar-refractivity contribution in [2.45, 2.75) is 37.1 Å². The predicted molar refractivity (Wildman–Crippen MR) is 113 cm³/mol. The third-order valence-corrected chi connectivity index (χ3v) is 7.04. The van der Waals surface area contributed by atoms with Crippen molar-refractivity contribution >= 4 is 5.91 Å². The van der Waals surface area contributed by atoms with Crippen LogP contribution >= 0.6 is 0 Å². The summed E-state index contributed by atoms with van der Waals surface area (Å²) >= 11 is 0. The van der Waals surface area contributed by atoms with Crippen LogP contribution in [0.4, 0.5) is 17.6 Å². The van der Waals surface area contributed by atoms with Crippen molar-refractivity contribution < 1.29 is 41.3 Å². The smallest absolute Gasteiger partial charge is 0.397 e. The number of carbonyl (C=O) groups is 1. The minimum atomic E-state index is -4.34. The van der Waals surface area contributed by atoms with E-state index in [1.807, 2.05) is 0 Å². The third kappa shape index (κ3) is 4.20. The Labute approximate surface area is 198 Å². The first kappa shape index (κ1) is 23.8. The van der Waals surface area contributed by atoms with E-state index in [2.05, 4.69) is 4.98 Å². The summed E-state index contributed by atoms with van der Waals surface area (Å²) < 4.78 is 75.6. The first-order chi connectivity index (χ1) is 16.7. The van der Waals surface area contributed by atoms with Crippen molar-refractivity contribution in [1.29, 1.82) is 0 Å². The molecule has 3 aliphatic rings. The Bertz CT molecular complexity index is 1120. The molecular weight excluding hydrogens is 472 g/mol. The molecule has 2 saturated heterocycles. The summed E-state index contributed by atoms with van der Waals surface area (Å²) in [6.07, 6.45) is -4.41. The molecule has 1 aromatic heterocycles. The topological polar surface area (TPSA) is 70.1 Å². The van der Waals surface area contributed by atoms with E-state index in [1.54, 1.807) is 17.0 Å². The zero-order valence-electron chi connectivity index (χ0n) is 18.9. The Morgan fingerprint density at radius 3 is 2.71 bits per heavy atom. The number of likely N-dealkylation sites (tertiary alicyclic amines) is 1. The largest absolute Gasteiger partial charge is 0.487 e. The van der Waals surface area contributed by atoms with Crippen LogP contribution in [0.25, 0.3) is 0 Å². The molecule has 1 saturated carbocycles. The molecule has 2 atom stereocenters. The number of rotatable bonds is 6. The Hall–Kier alpha value is -2.92. The molecule has 0 N–H and O–H groups in total. The third-order valence-electron chi connectivity index (χ3n) is 7.04. The molecule has 188 valence electrons. The van der Waals surface area contributed by atoms with Crippen LogP contribution < -0.4 is 9.47 Å². The van der Waals surface area contributed by atoms with Gasteiger partial charge in [-0.25, -0.2) is 9.37 Å². The zero-order valence-corrected chi connectivity index (χ0v) is 18.9. The van der Waals surface area contributed by atoms with Gasteiger partial charge in [-0.1, -0.05) is 12.1 Å². The average Bonchev–Trinajstić information content (AvgIpc) is 3.53. The highest BCUT2D eigenvalue weighted by molar-refractivity contribution is 5.92. The quantitative estimate of drug-likeness (QED) is 0.562. The van der Waals surface area contributed by atoms with E-state index in [0.29, 0.717) is 18.5 Å². The van der Waals surface area contributed by atoms with Crippen molar-refractivity contribution in [3.63, 3.8) is 0 Å². The molecule has 11 heteroatoms. The Balaban J connectivity index is 1.29. The van der Waals surface area contributed by atoms with E-state index in [1.165, 1.54) is 31.4 Å². The number of alkyl halides is 3. The first-order valence-corrected chi connectivity index (χ1v) is 11.2. The Morgan fingerprint density at radius 2 is 2.03 bits per heavy atom. The number of amides is 1. The van der Waals surface area contributed by atoms with Crippen LogP contribution in [0.1, 0.15) is 35.3 Å². The molecule has 2 aliphatic heterocycles. The average molecular weight is 496 g/mol. The van der Waals surface area contributed by atoms with Gasteiger partial charge < -0.3 is 23.8 Å². The van der Waals surface area contributed by atoms with Crippen molar-refractivity contribution in [3.8, 4) is 11.6 Å². The maximum atomic E-state index is 13.8. The van der Waals surface area contributed by atoms with Crippen molar-refractivity contribution in [1.82, 2.24) is 9.88 Å². The molecule has 3 heterocycles. The number of hydrogen-bond donors (Lipinski definition) is 0. The lowest BCUT2D eigenvalue weighted by atomic mass is 9.82. The number of carbonyl (C=O) groups excluding carboxylic acids is 1. The van der Waals surface area contributed by atoms with Crippen LogP contribution in [0.5, 0.6) is 11.6 Å². The summed E-state index contributed by atoms with van der Waals surface area (Å²) in [7, 11) is 1.30. The standard InChI is InChI=1S/C24H24F4N2O5/c1-32-20-18(33-13-22(7-8-22)24(26,27)28)6-5-17(29-20)21(31)30-10-9-23(19(12-30)34-14-35-23)15-3-2-4-16(25)11-15/h2-6,11,19H,7-10,12-14H2,1H3/t19-,23-/m0/s1. The summed E-state index contributed by atoms with van der Waals surface area (Å²) in [5.74, 6) is -0.811. The van der Waals surface area contributed by atoms with Gasteiger partial charge in [-0.2, -0.15) is 13.2 Å². The number of nitrogens with zero attached hydrogens (tertiary/aromatic N) is 2. The Morgan fingerprint density at radius 1 is 1.23 bits per heavy atom. The second-order valence-electron chi connectivity index (χ2n) is 9.09. The van der Waals surface area contributed by atoms with Crippen LogP contribution in [-0.4, -0.2) is 61.7 Å². The zero-order chi connectivity index (χ0) is 24.8. The summed E-state index contributed by atoms with van der Waals surface area (Å²) in [4.78, 5) is 18.9. The van der Waals surface area contributed by atoms with Gasteiger partial charge in [0.05, 0.1) is 13.7 Å². The molecule has 1 aromatic carbocycles. The van der Waals surface area contributed by atoms with Crippen molar-refractivity contribution in [2.24, 2.45) is 5.41 Å². The van der Waals surface area contributed by atoms with Crippen LogP contribution in [0.3, 0.4) is 0 Å². The highest BCUT2D eigenvalue weighted by Crippen LogP contribution is 2.57. The number of piperidine rings is 1. The molecule has 7 nitrogen and oxygen atoms in total. The molecule has 35 heavy (non-hydrogen) atoms. The van der Waals surface area contributed by atoms with Crippen LogP contribution in [0.2, 0.25) is 0 Å². The van der Waals surface area contributed by atoms with Crippen molar-refractivity contribution in [3.05, 3.63) is 53.5 Å².